The summed E-state index contributed by atoms with van der Waals surface area (Å²) in [6, 6.07) is 0.734. The maximum Gasteiger partial charge on any atom is 0.108 e. The van der Waals surface area contributed by atoms with Crippen molar-refractivity contribution in [3.05, 3.63) is 0 Å². The maximum atomic E-state index is 3.53. The molecule has 0 aromatic carbocycles. The van der Waals surface area contributed by atoms with E-state index in [9.17, 15) is 0 Å². The van der Waals surface area contributed by atoms with Gasteiger partial charge in [0.25, 0.3) is 0 Å². The lowest BCUT2D eigenvalue weighted by Gasteiger charge is -2.18. The van der Waals surface area contributed by atoms with Crippen LogP contribution in [0.4, 0.5) is 0 Å². The van der Waals surface area contributed by atoms with Crippen LogP contribution in [0.15, 0.2) is 0 Å². The average Bonchev–Trinajstić information content (AvgIpc) is 2.34. The minimum absolute atomic E-state index is 0.546. The first-order chi connectivity index (χ1) is 4.74. The molecule has 0 aromatic rings. The fraction of sp³-hybridized carbons (Fsp3) is 1.00. The molecule has 0 amide bonds. The lowest BCUT2D eigenvalue weighted by atomic mass is 10.3. The van der Waals surface area contributed by atoms with Gasteiger partial charge in [-0.25, -0.2) is 0 Å². The Labute approximate surface area is 67.4 Å². The SMILES string of the molecule is CC[C@H]1CSC(N(C)C)N1. The molecule has 1 fully saturated rings. The molecular weight excluding hydrogens is 144 g/mol. The molecule has 0 saturated carbocycles. The molecule has 0 bridgehead atoms. The van der Waals surface area contributed by atoms with E-state index in [0.717, 1.165) is 6.04 Å². The predicted molar refractivity (Wildman–Crippen MR) is 47.1 cm³/mol. The van der Waals surface area contributed by atoms with Crippen LogP contribution in [-0.4, -0.2) is 36.3 Å². The number of hydrogen-bond donors (Lipinski definition) is 1. The Balaban J connectivity index is 2.28. The van der Waals surface area contributed by atoms with Crippen molar-refractivity contribution in [1.82, 2.24) is 10.2 Å². The van der Waals surface area contributed by atoms with Gasteiger partial charge in [-0.05, 0) is 20.5 Å². The molecular formula is C7H16N2S. The van der Waals surface area contributed by atoms with E-state index in [4.69, 9.17) is 0 Å². The summed E-state index contributed by atoms with van der Waals surface area (Å²) in [5.41, 5.74) is 0.546. The summed E-state index contributed by atoms with van der Waals surface area (Å²) in [6.07, 6.45) is 1.25. The third kappa shape index (κ3) is 1.87. The van der Waals surface area contributed by atoms with Crippen molar-refractivity contribution in [3.63, 3.8) is 0 Å². The van der Waals surface area contributed by atoms with Crippen LogP contribution < -0.4 is 5.32 Å². The molecule has 10 heavy (non-hydrogen) atoms. The van der Waals surface area contributed by atoms with E-state index in [1.807, 2.05) is 11.8 Å². The van der Waals surface area contributed by atoms with Crippen LogP contribution >= 0.6 is 11.8 Å². The molecule has 1 rings (SSSR count). The Hall–Kier alpha value is 0.270. The topological polar surface area (TPSA) is 15.3 Å². The fourth-order valence-electron chi connectivity index (χ4n) is 1.04. The highest BCUT2D eigenvalue weighted by atomic mass is 32.2. The van der Waals surface area contributed by atoms with Gasteiger partial charge in [-0.3, -0.25) is 10.2 Å². The van der Waals surface area contributed by atoms with E-state index in [2.05, 4.69) is 31.2 Å². The first-order valence-corrected chi connectivity index (χ1v) is 4.83. The molecule has 1 unspecified atom stereocenters. The smallest absolute Gasteiger partial charge is 0.108 e. The summed E-state index contributed by atoms with van der Waals surface area (Å²) in [6.45, 7) is 2.23. The monoisotopic (exact) mass is 160 g/mol. The van der Waals surface area contributed by atoms with E-state index in [-0.39, 0.29) is 0 Å². The summed E-state index contributed by atoms with van der Waals surface area (Å²) < 4.78 is 0. The van der Waals surface area contributed by atoms with Gasteiger partial charge in [0.1, 0.15) is 5.50 Å². The summed E-state index contributed by atoms with van der Waals surface area (Å²) >= 11 is 2.00. The molecule has 2 atom stereocenters. The number of hydrogen-bond acceptors (Lipinski definition) is 3. The van der Waals surface area contributed by atoms with Gasteiger partial charge in [-0.15, -0.1) is 11.8 Å². The highest BCUT2D eigenvalue weighted by Crippen LogP contribution is 2.21. The van der Waals surface area contributed by atoms with Crippen molar-refractivity contribution in [3.8, 4) is 0 Å². The Morgan fingerprint density at radius 3 is 2.60 bits per heavy atom. The van der Waals surface area contributed by atoms with Crippen molar-refractivity contribution in [2.75, 3.05) is 19.8 Å². The largest absolute Gasteiger partial charge is 0.290 e. The quantitative estimate of drug-likeness (QED) is 0.647. The summed E-state index contributed by atoms with van der Waals surface area (Å²) in [5, 5.41) is 3.53. The molecule has 0 spiro atoms. The van der Waals surface area contributed by atoms with Crippen molar-refractivity contribution in [2.24, 2.45) is 0 Å². The van der Waals surface area contributed by atoms with Crippen molar-refractivity contribution >= 4 is 11.8 Å². The second-order valence-electron chi connectivity index (χ2n) is 2.92. The third-order valence-electron chi connectivity index (χ3n) is 1.80. The highest BCUT2D eigenvalue weighted by Gasteiger charge is 2.23. The molecule has 0 aliphatic carbocycles. The van der Waals surface area contributed by atoms with Gasteiger partial charge in [-0.1, -0.05) is 6.92 Å². The van der Waals surface area contributed by atoms with Crippen LogP contribution in [0, 0.1) is 0 Å². The Kier molecular flexibility index (Phi) is 3.01. The fourth-order valence-corrected chi connectivity index (χ4v) is 2.37. The maximum absolute atomic E-state index is 3.53. The molecule has 1 saturated heterocycles. The molecule has 2 nitrogen and oxygen atoms in total. The molecule has 1 N–H and O–H groups in total. The van der Waals surface area contributed by atoms with E-state index in [0.29, 0.717) is 5.50 Å². The van der Waals surface area contributed by atoms with Gasteiger partial charge < -0.3 is 0 Å². The minimum atomic E-state index is 0.546. The molecule has 1 aliphatic heterocycles. The van der Waals surface area contributed by atoms with E-state index in [1.165, 1.54) is 12.2 Å². The first-order valence-electron chi connectivity index (χ1n) is 3.78. The van der Waals surface area contributed by atoms with Crippen molar-refractivity contribution in [1.29, 1.82) is 0 Å². The second kappa shape index (κ2) is 3.60. The standard InChI is InChI=1S/C7H16N2S/c1-4-6-5-10-7(8-6)9(2)3/h6-8H,4-5H2,1-3H3/t6-,7?/m0/s1. The third-order valence-corrected chi connectivity index (χ3v) is 3.26. The van der Waals surface area contributed by atoms with Crippen molar-refractivity contribution in [2.45, 2.75) is 24.9 Å². The predicted octanol–water partition coefficient (Wildman–Crippen LogP) is 0.947. The van der Waals surface area contributed by atoms with E-state index in [1.54, 1.807) is 0 Å². The zero-order valence-corrected chi connectivity index (χ0v) is 7.74. The lowest BCUT2D eigenvalue weighted by molar-refractivity contribution is 0.325. The van der Waals surface area contributed by atoms with E-state index >= 15 is 0 Å². The molecule has 1 aliphatic rings. The number of thioether (sulfide) groups is 1. The van der Waals surface area contributed by atoms with Crippen LogP contribution in [0.5, 0.6) is 0 Å². The Morgan fingerprint density at radius 2 is 2.30 bits per heavy atom. The van der Waals surface area contributed by atoms with Gasteiger partial charge in [0, 0.05) is 11.8 Å². The molecule has 0 radical (unpaired) electrons. The number of rotatable bonds is 2. The lowest BCUT2D eigenvalue weighted by Crippen LogP contribution is -2.38. The minimum Gasteiger partial charge on any atom is -0.290 e. The summed E-state index contributed by atoms with van der Waals surface area (Å²) in [4.78, 5) is 2.22. The summed E-state index contributed by atoms with van der Waals surface area (Å²) in [7, 11) is 4.23. The van der Waals surface area contributed by atoms with Crippen LogP contribution in [0.3, 0.4) is 0 Å². The average molecular weight is 160 g/mol. The Bertz CT molecular complexity index is 106. The molecule has 60 valence electrons. The normalized spacial score (nSPS) is 33.6. The van der Waals surface area contributed by atoms with Gasteiger partial charge in [0.15, 0.2) is 0 Å². The van der Waals surface area contributed by atoms with E-state index < -0.39 is 0 Å². The molecule has 1 heterocycles. The Morgan fingerprint density at radius 1 is 1.60 bits per heavy atom. The van der Waals surface area contributed by atoms with Crippen LogP contribution in [0.25, 0.3) is 0 Å². The highest BCUT2D eigenvalue weighted by molar-refractivity contribution is 8.00. The second-order valence-corrected chi connectivity index (χ2v) is 4.03. The number of nitrogens with one attached hydrogen (secondary N) is 1. The van der Waals surface area contributed by atoms with Gasteiger partial charge in [0.2, 0.25) is 0 Å². The van der Waals surface area contributed by atoms with Crippen LogP contribution in [0.2, 0.25) is 0 Å². The first kappa shape index (κ1) is 8.37. The zero-order valence-electron chi connectivity index (χ0n) is 6.92. The van der Waals surface area contributed by atoms with Gasteiger partial charge >= 0.3 is 0 Å². The van der Waals surface area contributed by atoms with Crippen LogP contribution in [-0.2, 0) is 0 Å². The molecule has 3 heteroatoms. The molecule has 0 aromatic heterocycles. The summed E-state index contributed by atoms with van der Waals surface area (Å²) in [5.74, 6) is 1.26. The van der Waals surface area contributed by atoms with Gasteiger partial charge in [0.05, 0.1) is 0 Å². The zero-order chi connectivity index (χ0) is 7.56. The van der Waals surface area contributed by atoms with Gasteiger partial charge in [-0.2, -0.15) is 0 Å². The van der Waals surface area contributed by atoms with Crippen molar-refractivity contribution < 1.29 is 0 Å². The number of nitrogens with zero attached hydrogens (tertiary/aromatic N) is 1. The van der Waals surface area contributed by atoms with Crippen LogP contribution in [0.1, 0.15) is 13.3 Å².